The van der Waals surface area contributed by atoms with Gasteiger partial charge in [-0.15, -0.1) is 0 Å². The van der Waals surface area contributed by atoms with Crippen molar-refractivity contribution in [2.75, 3.05) is 0 Å². The number of esters is 1. The molecule has 0 atom stereocenters. The topological polar surface area (TPSA) is 43.4 Å². The minimum atomic E-state index is -0.414. The van der Waals surface area contributed by atoms with E-state index in [9.17, 15) is 9.59 Å². The molecule has 0 aliphatic heterocycles. The van der Waals surface area contributed by atoms with Crippen molar-refractivity contribution in [1.29, 1.82) is 0 Å². The standard InChI is InChI=1S/C23H18O3/c1-17-10-13-19(14-11-17)22(24)15-12-18-6-5-9-21(16-18)26-23(25)20-7-3-2-4-8-20/h2-16H,1H3. The molecule has 0 N–H and O–H groups in total. The van der Waals surface area contributed by atoms with Crippen molar-refractivity contribution >= 4 is 17.8 Å². The monoisotopic (exact) mass is 342 g/mol. The number of aryl methyl sites for hydroxylation is 1. The first-order chi connectivity index (χ1) is 12.6. The molecule has 3 heteroatoms. The average molecular weight is 342 g/mol. The van der Waals surface area contributed by atoms with Crippen molar-refractivity contribution in [1.82, 2.24) is 0 Å². The van der Waals surface area contributed by atoms with Gasteiger partial charge in [0.25, 0.3) is 0 Å². The predicted molar refractivity (Wildman–Crippen MR) is 102 cm³/mol. The van der Waals surface area contributed by atoms with E-state index >= 15 is 0 Å². The lowest BCUT2D eigenvalue weighted by molar-refractivity contribution is 0.0734. The molecule has 0 aromatic heterocycles. The molecule has 0 saturated heterocycles. The second kappa shape index (κ2) is 8.08. The van der Waals surface area contributed by atoms with Crippen LogP contribution in [0.3, 0.4) is 0 Å². The summed E-state index contributed by atoms with van der Waals surface area (Å²) in [5.41, 5.74) is 3.02. The van der Waals surface area contributed by atoms with Gasteiger partial charge in [0.1, 0.15) is 5.75 Å². The molecule has 3 aromatic carbocycles. The van der Waals surface area contributed by atoms with Gasteiger partial charge >= 0.3 is 5.97 Å². The quantitative estimate of drug-likeness (QED) is 0.280. The van der Waals surface area contributed by atoms with Crippen LogP contribution in [0.25, 0.3) is 6.08 Å². The molecule has 0 fully saturated rings. The van der Waals surface area contributed by atoms with Crippen LogP contribution >= 0.6 is 0 Å². The van der Waals surface area contributed by atoms with Crippen LogP contribution in [0.5, 0.6) is 5.75 Å². The van der Waals surface area contributed by atoms with Crippen LogP contribution in [-0.2, 0) is 0 Å². The third-order valence-electron chi connectivity index (χ3n) is 3.84. The van der Waals surface area contributed by atoms with Crippen LogP contribution in [0.4, 0.5) is 0 Å². The smallest absolute Gasteiger partial charge is 0.343 e. The van der Waals surface area contributed by atoms with E-state index < -0.39 is 5.97 Å². The summed E-state index contributed by atoms with van der Waals surface area (Å²) < 4.78 is 5.39. The van der Waals surface area contributed by atoms with Gasteiger partial charge in [0.15, 0.2) is 5.78 Å². The number of allylic oxidation sites excluding steroid dienone is 1. The molecule has 0 radical (unpaired) electrons. The first-order valence-electron chi connectivity index (χ1n) is 8.28. The van der Waals surface area contributed by atoms with Gasteiger partial charge in [-0.25, -0.2) is 4.79 Å². The number of hydrogen-bond donors (Lipinski definition) is 0. The molecule has 26 heavy (non-hydrogen) atoms. The second-order valence-electron chi connectivity index (χ2n) is 5.89. The summed E-state index contributed by atoms with van der Waals surface area (Å²) in [4.78, 5) is 24.3. The summed E-state index contributed by atoms with van der Waals surface area (Å²) in [6.45, 7) is 1.98. The Morgan fingerprint density at radius 3 is 2.27 bits per heavy atom. The zero-order valence-electron chi connectivity index (χ0n) is 14.4. The molecule has 0 heterocycles. The Labute approximate surface area is 152 Å². The summed E-state index contributed by atoms with van der Waals surface area (Å²) in [5, 5.41) is 0. The highest BCUT2D eigenvalue weighted by Gasteiger charge is 2.07. The number of carbonyl (C=O) groups is 2. The fraction of sp³-hybridized carbons (Fsp3) is 0.0435. The highest BCUT2D eigenvalue weighted by Crippen LogP contribution is 2.17. The number of ether oxygens (including phenoxy) is 1. The van der Waals surface area contributed by atoms with Gasteiger partial charge in [0, 0.05) is 5.56 Å². The molecule has 3 rings (SSSR count). The predicted octanol–water partition coefficient (Wildman–Crippen LogP) is 5.11. The van der Waals surface area contributed by atoms with E-state index in [1.165, 1.54) is 6.08 Å². The van der Waals surface area contributed by atoms with Crippen LogP contribution in [0.15, 0.2) is 84.9 Å². The van der Waals surface area contributed by atoms with Gasteiger partial charge in [-0.1, -0.05) is 66.2 Å². The number of ketones is 1. The molecule has 3 nitrogen and oxygen atoms in total. The number of carbonyl (C=O) groups excluding carboxylic acids is 2. The van der Waals surface area contributed by atoms with Crippen LogP contribution in [0.1, 0.15) is 31.8 Å². The summed E-state index contributed by atoms with van der Waals surface area (Å²) in [5.74, 6) is -0.0528. The Morgan fingerprint density at radius 1 is 0.808 bits per heavy atom. The lowest BCUT2D eigenvalue weighted by Crippen LogP contribution is -2.08. The number of hydrogen-bond acceptors (Lipinski definition) is 3. The van der Waals surface area contributed by atoms with Gasteiger partial charge in [0.2, 0.25) is 0 Å². The van der Waals surface area contributed by atoms with Crippen molar-refractivity contribution in [2.24, 2.45) is 0 Å². The molecule has 0 saturated carbocycles. The van der Waals surface area contributed by atoms with Gasteiger partial charge < -0.3 is 4.74 Å². The number of benzene rings is 3. The van der Waals surface area contributed by atoms with E-state index in [-0.39, 0.29) is 5.78 Å². The van der Waals surface area contributed by atoms with Crippen molar-refractivity contribution in [3.05, 3.63) is 107 Å². The van der Waals surface area contributed by atoms with Crippen LogP contribution in [0.2, 0.25) is 0 Å². The molecule has 0 aliphatic rings. The Bertz CT molecular complexity index is 939. The summed E-state index contributed by atoms with van der Waals surface area (Å²) in [6.07, 6.45) is 3.23. The van der Waals surface area contributed by atoms with Gasteiger partial charge in [-0.3, -0.25) is 4.79 Å². The Hall–Kier alpha value is -3.46. The van der Waals surface area contributed by atoms with Gasteiger partial charge in [-0.05, 0) is 42.8 Å². The zero-order valence-corrected chi connectivity index (χ0v) is 14.4. The minimum Gasteiger partial charge on any atom is -0.423 e. The molecule has 128 valence electrons. The largest absolute Gasteiger partial charge is 0.423 e. The molecule has 0 aliphatic carbocycles. The third-order valence-corrected chi connectivity index (χ3v) is 3.84. The Morgan fingerprint density at radius 2 is 1.54 bits per heavy atom. The van der Waals surface area contributed by atoms with Gasteiger partial charge in [0.05, 0.1) is 5.56 Å². The van der Waals surface area contributed by atoms with E-state index in [2.05, 4.69) is 0 Å². The minimum absolute atomic E-state index is 0.0725. The Kier molecular flexibility index (Phi) is 5.40. The SMILES string of the molecule is Cc1ccc(C(=O)C=Cc2cccc(OC(=O)c3ccccc3)c2)cc1. The molecule has 0 bridgehead atoms. The van der Waals surface area contributed by atoms with E-state index in [1.54, 1.807) is 60.7 Å². The van der Waals surface area contributed by atoms with E-state index in [0.29, 0.717) is 16.9 Å². The first-order valence-corrected chi connectivity index (χ1v) is 8.28. The highest BCUT2D eigenvalue weighted by molar-refractivity contribution is 6.06. The molecule has 0 amide bonds. The fourth-order valence-electron chi connectivity index (χ4n) is 2.41. The summed E-state index contributed by atoms with van der Waals surface area (Å²) >= 11 is 0. The molecular formula is C23H18O3. The van der Waals surface area contributed by atoms with Crippen molar-refractivity contribution in [3.63, 3.8) is 0 Å². The Balaban J connectivity index is 1.70. The second-order valence-corrected chi connectivity index (χ2v) is 5.89. The van der Waals surface area contributed by atoms with E-state index in [0.717, 1.165) is 11.1 Å². The lowest BCUT2D eigenvalue weighted by Gasteiger charge is -2.05. The normalized spacial score (nSPS) is 10.7. The zero-order chi connectivity index (χ0) is 18.4. The van der Waals surface area contributed by atoms with Gasteiger partial charge in [-0.2, -0.15) is 0 Å². The van der Waals surface area contributed by atoms with Crippen LogP contribution in [0, 0.1) is 6.92 Å². The van der Waals surface area contributed by atoms with Crippen molar-refractivity contribution < 1.29 is 14.3 Å². The molecule has 3 aromatic rings. The number of rotatable bonds is 5. The van der Waals surface area contributed by atoms with Crippen molar-refractivity contribution in [3.8, 4) is 5.75 Å². The maximum absolute atomic E-state index is 12.2. The summed E-state index contributed by atoms with van der Waals surface area (Å²) in [6, 6.07) is 23.3. The fourth-order valence-corrected chi connectivity index (χ4v) is 2.41. The third kappa shape index (κ3) is 4.54. The molecule has 0 spiro atoms. The van der Waals surface area contributed by atoms with E-state index in [4.69, 9.17) is 4.74 Å². The van der Waals surface area contributed by atoms with Crippen LogP contribution < -0.4 is 4.74 Å². The first kappa shape index (κ1) is 17.4. The maximum atomic E-state index is 12.2. The maximum Gasteiger partial charge on any atom is 0.343 e. The van der Waals surface area contributed by atoms with Crippen molar-refractivity contribution in [2.45, 2.75) is 6.92 Å². The summed E-state index contributed by atoms with van der Waals surface area (Å²) in [7, 11) is 0. The molecule has 0 unspecified atom stereocenters. The lowest BCUT2D eigenvalue weighted by atomic mass is 10.1. The highest BCUT2D eigenvalue weighted by atomic mass is 16.5. The average Bonchev–Trinajstić information content (AvgIpc) is 2.67. The van der Waals surface area contributed by atoms with Crippen LogP contribution in [-0.4, -0.2) is 11.8 Å². The molecular weight excluding hydrogens is 324 g/mol. The van der Waals surface area contributed by atoms with E-state index in [1.807, 2.05) is 31.2 Å².